The molecule has 0 saturated carbocycles. The first-order valence-corrected chi connectivity index (χ1v) is 9.80. The third kappa shape index (κ3) is 3.57. The molecule has 27 heavy (non-hydrogen) atoms. The van der Waals surface area contributed by atoms with Crippen LogP contribution in [-0.2, 0) is 0 Å². The molecule has 0 bridgehead atoms. The fourth-order valence-corrected chi connectivity index (χ4v) is 4.22. The number of hydrogen-bond acceptors (Lipinski definition) is 6. The van der Waals surface area contributed by atoms with E-state index in [2.05, 4.69) is 19.9 Å². The van der Waals surface area contributed by atoms with Crippen molar-refractivity contribution in [3.05, 3.63) is 52.0 Å². The van der Waals surface area contributed by atoms with Crippen LogP contribution >= 0.6 is 11.3 Å². The Bertz CT molecular complexity index is 957. The number of hydrogen-bond donors (Lipinski definition) is 0. The van der Waals surface area contributed by atoms with Crippen molar-refractivity contribution in [2.24, 2.45) is 0 Å². The molecule has 0 aliphatic carbocycles. The van der Waals surface area contributed by atoms with Crippen LogP contribution in [0.1, 0.15) is 26.2 Å². The highest BCUT2D eigenvalue weighted by molar-refractivity contribution is 7.13. The van der Waals surface area contributed by atoms with Crippen molar-refractivity contribution in [3.8, 4) is 5.82 Å². The maximum atomic E-state index is 12.8. The molecule has 1 aliphatic heterocycles. The molecular weight excluding hydrogens is 360 g/mol. The molecule has 0 unspecified atom stereocenters. The van der Waals surface area contributed by atoms with Crippen LogP contribution in [0.4, 0.5) is 5.82 Å². The van der Waals surface area contributed by atoms with E-state index in [1.807, 2.05) is 60.8 Å². The zero-order valence-electron chi connectivity index (χ0n) is 15.7. The van der Waals surface area contributed by atoms with Gasteiger partial charge in [0.15, 0.2) is 0 Å². The van der Waals surface area contributed by atoms with Crippen molar-refractivity contribution in [2.45, 2.75) is 20.8 Å². The van der Waals surface area contributed by atoms with Crippen LogP contribution in [0.15, 0.2) is 30.6 Å². The van der Waals surface area contributed by atoms with Gasteiger partial charge < -0.3 is 14.4 Å². The van der Waals surface area contributed by atoms with Gasteiger partial charge in [-0.25, -0.2) is 15.0 Å². The Morgan fingerprint density at radius 3 is 2.26 bits per heavy atom. The molecule has 0 spiro atoms. The summed E-state index contributed by atoms with van der Waals surface area (Å²) in [5, 5.41) is 0.934. The summed E-state index contributed by atoms with van der Waals surface area (Å²) >= 11 is 1.48. The lowest BCUT2D eigenvalue weighted by Gasteiger charge is -2.35. The number of amides is 1. The van der Waals surface area contributed by atoms with E-state index in [0.29, 0.717) is 13.1 Å². The van der Waals surface area contributed by atoms with E-state index in [1.165, 1.54) is 11.3 Å². The second-order valence-corrected chi connectivity index (χ2v) is 7.85. The number of anilines is 1. The fourth-order valence-electron chi connectivity index (χ4n) is 3.33. The summed E-state index contributed by atoms with van der Waals surface area (Å²) in [5.41, 5.74) is 0.827. The quantitative estimate of drug-likeness (QED) is 0.697. The molecule has 4 rings (SSSR count). The van der Waals surface area contributed by atoms with Crippen molar-refractivity contribution in [2.75, 3.05) is 31.1 Å². The van der Waals surface area contributed by atoms with Crippen molar-refractivity contribution in [1.82, 2.24) is 24.4 Å². The number of carbonyl (C=O) groups is 1. The highest BCUT2D eigenvalue weighted by Crippen LogP contribution is 2.22. The lowest BCUT2D eigenvalue weighted by atomic mass is 10.2. The SMILES string of the molecule is Cc1nc(N2CCN(C(=O)c3sc(C)nc3C)CC2)cc(-n2cccc2)n1. The largest absolute Gasteiger partial charge is 0.353 e. The summed E-state index contributed by atoms with van der Waals surface area (Å²) in [4.78, 5) is 31.2. The minimum Gasteiger partial charge on any atom is -0.353 e. The van der Waals surface area contributed by atoms with Crippen LogP contribution in [0, 0.1) is 20.8 Å². The van der Waals surface area contributed by atoms with Crippen LogP contribution in [0.5, 0.6) is 0 Å². The molecule has 3 aromatic heterocycles. The normalized spacial score (nSPS) is 14.6. The first kappa shape index (κ1) is 17.7. The number of nitrogens with zero attached hydrogens (tertiary/aromatic N) is 6. The molecule has 0 atom stereocenters. The lowest BCUT2D eigenvalue weighted by molar-refractivity contribution is 0.0750. The third-order valence-electron chi connectivity index (χ3n) is 4.67. The highest BCUT2D eigenvalue weighted by atomic mass is 32.1. The van der Waals surface area contributed by atoms with Gasteiger partial charge in [-0.05, 0) is 32.9 Å². The van der Waals surface area contributed by atoms with Gasteiger partial charge in [-0.15, -0.1) is 11.3 Å². The molecule has 0 radical (unpaired) electrons. The minimum atomic E-state index is 0.0876. The Hall–Kier alpha value is -2.74. The van der Waals surface area contributed by atoms with Crippen LogP contribution < -0.4 is 4.90 Å². The van der Waals surface area contributed by atoms with E-state index in [1.54, 1.807) is 0 Å². The van der Waals surface area contributed by atoms with Gasteiger partial charge in [0.05, 0.1) is 10.7 Å². The summed E-state index contributed by atoms with van der Waals surface area (Å²) in [5.74, 6) is 2.59. The summed E-state index contributed by atoms with van der Waals surface area (Å²) in [6.07, 6.45) is 3.95. The molecule has 8 heteroatoms. The molecule has 3 aromatic rings. The van der Waals surface area contributed by atoms with Crippen LogP contribution in [0.25, 0.3) is 5.82 Å². The summed E-state index contributed by atoms with van der Waals surface area (Å²) in [6, 6.07) is 5.95. The summed E-state index contributed by atoms with van der Waals surface area (Å²) in [6.45, 7) is 8.61. The standard InChI is InChI=1S/C19H22N6OS/c1-13-18(27-15(3)20-13)19(26)25-10-8-24(9-11-25)17-12-16(21-14(2)22-17)23-6-4-5-7-23/h4-7,12H,8-11H2,1-3H3. The molecule has 4 heterocycles. The second kappa shape index (κ2) is 7.11. The molecule has 7 nitrogen and oxygen atoms in total. The van der Waals surface area contributed by atoms with E-state index in [0.717, 1.165) is 46.1 Å². The number of piperazine rings is 1. The molecule has 1 amide bonds. The molecule has 1 fully saturated rings. The van der Waals surface area contributed by atoms with Crippen LogP contribution in [0.3, 0.4) is 0 Å². The van der Waals surface area contributed by atoms with Gasteiger partial charge in [-0.1, -0.05) is 0 Å². The lowest BCUT2D eigenvalue weighted by Crippen LogP contribution is -2.49. The second-order valence-electron chi connectivity index (χ2n) is 6.65. The van der Waals surface area contributed by atoms with Crippen molar-refractivity contribution < 1.29 is 4.79 Å². The average molecular weight is 382 g/mol. The topological polar surface area (TPSA) is 67.2 Å². The van der Waals surface area contributed by atoms with E-state index in [-0.39, 0.29) is 5.91 Å². The Labute approximate surface area is 162 Å². The predicted octanol–water partition coefficient (Wildman–Crippen LogP) is 2.61. The average Bonchev–Trinajstić information content (AvgIpc) is 3.30. The van der Waals surface area contributed by atoms with Crippen molar-refractivity contribution in [1.29, 1.82) is 0 Å². The highest BCUT2D eigenvalue weighted by Gasteiger charge is 2.26. The van der Waals surface area contributed by atoms with E-state index >= 15 is 0 Å². The number of thiazole rings is 1. The zero-order chi connectivity index (χ0) is 19.0. The molecule has 0 N–H and O–H groups in total. The first-order valence-electron chi connectivity index (χ1n) is 8.98. The molecule has 1 aliphatic rings. The van der Waals surface area contributed by atoms with Gasteiger partial charge in [-0.3, -0.25) is 4.79 Å². The van der Waals surface area contributed by atoms with Gasteiger partial charge in [-0.2, -0.15) is 0 Å². The summed E-state index contributed by atoms with van der Waals surface area (Å²) < 4.78 is 1.98. The van der Waals surface area contributed by atoms with Gasteiger partial charge >= 0.3 is 0 Å². The Morgan fingerprint density at radius 1 is 0.963 bits per heavy atom. The van der Waals surface area contributed by atoms with Crippen LogP contribution in [0.2, 0.25) is 0 Å². The van der Waals surface area contributed by atoms with Gasteiger partial charge in [0.2, 0.25) is 0 Å². The van der Waals surface area contributed by atoms with Gasteiger partial charge in [0, 0.05) is 44.6 Å². The van der Waals surface area contributed by atoms with E-state index in [9.17, 15) is 4.79 Å². The first-order chi connectivity index (χ1) is 13.0. The Morgan fingerprint density at radius 2 is 1.63 bits per heavy atom. The maximum Gasteiger partial charge on any atom is 0.265 e. The zero-order valence-corrected chi connectivity index (χ0v) is 16.5. The predicted molar refractivity (Wildman–Crippen MR) is 106 cm³/mol. The maximum absolute atomic E-state index is 12.8. The Balaban J connectivity index is 1.48. The molecule has 1 saturated heterocycles. The summed E-state index contributed by atoms with van der Waals surface area (Å²) in [7, 11) is 0. The monoisotopic (exact) mass is 382 g/mol. The van der Waals surface area contributed by atoms with Crippen molar-refractivity contribution in [3.63, 3.8) is 0 Å². The van der Waals surface area contributed by atoms with Crippen molar-refractivity contribution >= 4 is 23.1 Å². The molecular formula is C19H22N6OS. The van der Waals surface area contributed by atoms with E-state index < -0.39 is 0 Å². The van der Waals surface area contributed by atoms with Gasteiger partial charge in [0.25, 0.3) is 5.91 Å². The number of aromatic nitrogens is 4. The van der Waals surface area contributed by atoms with Gasteiger partial charge in [0.1, 0.15) is 22.3 Å². The molecule has 0 aromatic carbocycles. The molecule has 140 valence electrons. The smallest absolute Gasteiger partial charge is 0.265 e. The van der Waals surface area contributed by atoms with E-state index in [4.69, 9.17) is 0 Å². The third-order valence-corrected chi connectivity index (χ3v) is 5.73. The fraction of sp³-hybridized carbons (Fsp3) is 0.368. The Kier molecular flexibility index (Phi) is 4.65. The number of aryl methyl sites for hydroxylation is 3. The minimum absolute atomic E-state index is 0.0876. The van der Waals surface area contributed by atoms with Crippen LogP contribution in [-0.4, -0.2) is 56.5 Å². The number of carbonyl (C=O) groups excluding carboxylic acids is 1. The number of rotatable bonds is 3.